The van der Waals surface area contributed by atoms with Crippen LogP contribution in [-0.2, 0) is 4.74 Å². The zero-order valence-corrected chi connectivity index (χ0v) is 10.4. The van der Waals surface area contributed by atoms with Crippen LogP contribution in [-0.4, -0.2) is 29.6 Å². The number of nitrogens with two attached hydrogens (primary N) is 1. The molecule has 1 fully saturated rings. The lowest BCUT2D eigenvalue weighted by Crippen LogP contribution is -2.39. The second-order valence-corrected chi connectivity index (χ2v) is 3.89. The smallest absolute Gasteiger partial charge is 0.270 e. The minimum atomic E-state index is -0.199. The number of halogens is 1. The quantitative estimate of drug-likeness (QED) is 0.828. The highest BCUT2D eigenvalue weighted by Gasteiger charge is 2.26. The summed E-state index contributed by atoms with van der Waals surface area (Å²) in [6.45, 7) is 2.64. The number of aromatic nitrogens is 1. The highest BCUT2D eigenvalue weighted by atomic mass is 35.5. The molecule has 1 saturated heterocycles. The number of nitrogens with one attached hydrogen (secondary N) is 1. The minimum Gasteiger partial charge on any atom is -0.384 e. The summed E-state index contributed by atoms with van der Waals surface area (Å²) in [5, 5.41) is 2.89. The van der Waals surface area contributed by atoms with Gasteiger partial charge in [0.25, 0.3) is 5.91 Å². The van der Waals surface area contributed by atoms with Crippen LogP contribution in [0, 0.1) is 0 Å². The van der Waals surface area contributed by atoms with Crippen molar-refractivity contribution >= 4 is 24.1 Å². The van der Waals surface area contributed by atoms with E-state index in [1.165, 1.54) is 0 Å². The third-order valence-electron chi connectivity index (χ3n) is 2.70. The average Bonchev–Trinajstić information content (AvgIpc) is 2.64. The maximum atomic E-state index is 11.8. The van der Waals surface area contributed by atoms with Crippen molar-refractivity contribution in [3.05, 3.63) is 23.9 Å². The summed E-state index contributed by atoms with van der Waals surface area (Å²) >= 11 is 0. The van der Waals surface area contributed by atoms with Gasteiger partial charge in [-0.25, -0.2) is 4.98 Å². The number of anilines is 1. The summed E-state index contributed by atoms with van der Waals surface area (Å²) in [6, 6.07) is 5.08. The Labute approximate surface area is 106 Å². The van der Waals surface area contributed by atoms with Gasteiger partial charge in [-0.3, -0.25) is 4.79 Å². The Morgan fingerprint density at radius 1 is 1.59 bits per heavy atom. The maximum Gasteiger partial charge on any atom is 0.270 e. The SMILES string of the molecule is CC1OCCC1NC(=O)c1cccc(N)n1.Cl. The summed E-state index contributed by atoms with van der Waals surface area (Å²) in [7, 11) is 0. The number of nitrogens with zero attached hydrogens (tertiary/aromatic N) is 1. The van der Waals surface area contributed by atoms with Gasteiger partial charge >= 0.3 is 0 Å². The summed E-state index contributed by atoms with van der Waals surface area (Å²) in [5.74, 6) is 0.151. The average molecular weight is 258 g/mol. The van der Waals surface area contributed by atoms with Crippen molar-refractivity contribution in [2.24, 2.45) is 0 Å². The molecule has 0 bridgehead atoms. The van der Waals surface area contributed by atoms with Gasteiger partial charge in [-0.15, -0.1) is 12.4 Å². The van der Waals surface area contributed by atoms with Crippen molar-refractivity contribution in [3.8, 4) is 0 Å². The fraction of sp³-hybridized carbons (Fsp3) is 0.455. The van der Waals surface area contributed by atoms with E-state index in [0.717, 1.165) is 6.42 Å². The Bertz CT molecular complexity index is 400. The topological polar surface area (TPSA) is 77.2 Å². The number of rotatable bonds is 2. The van der Waals surface area contributed by atoms with E-state index in [4.69, 9.17) is 10.5 Å². The zero-order valence-electron chi connectivity index (χ0n) is 9.55. The highest BCUT2D eigenvalue weighted by Crippen LogP contribution is 2.13. The predicted octanol–water partition coefficient (Wildman–Crippen LogP) is 0.993. The van der Waals surface area contributed by atoms with E-state index in [9.17, 15) is 4.79 Å². The first-order valence-corrected chi connectivity index (χ1v) is 5.32. The van der Waals surface area contributed by atoms with E-state index in [1.807, 2.05) is 6.92 Å². The molecule has 5 nitrogen and oxygen atoms in total. The van der Waals surface area contributed by atoms with Gasteiger partial charge in [-0.1, -0.05) is 6.07 Å². The largest absolute Gasteiger partial charge is 0.384 e. The Morgan fingerprint density at radius 2 is 2.35 bits per heavy atom. The number of ether oxygens (including phenoxy) is 1. The molecule has 1 aliphatic rings. The van der Waals surface area contributed by atoms with Crippen LogP contribution in [0.4, 0.5) is 5.82 Å². The third-order valence-corrected chi connectivity index (χ3v) is 2.70. The molecule has 0 saturated carbocycles. The summed E-state index contributed by atoms with van der Waals surface area (Å²) in [4.78, 5) is 15.8. The molecule has 1 aromatic heterocycles. The molecule has 0 spiro atoms. The molecule has 3 N–H and O–H groups in total. The highest BCUT2D eigenvalue weighted by molar-refractivity contribution is 5.92. The molecule has 0 aromatic carbocycles. The molecule has 0 radical (unpaired) electrons. The van der Waals surface area contributed by atoms with Gasteiger partial charge in [-0.2, -0.15) is 0 Å². The number of pyridine rings is 1. The van der Waals surface area contributed by atoms with Crippen LogP contribution >= 0.6 is 12.4 Å². The van der Waals surface area contributed by atoms with E-state index in [-0.39, 0.29) is 30.5 Å². The monoisotopic (exact) mass is 257 g/mol. The fourth-order valence-electron chi connectivity index (χ4n) is 1.74. The molecule has 1 amide bonds. The fourth-order valence-corrected chi connectivity index (χ4v) is 1.74. The Balaban J connectivity index is 0.00000144. The second-order valence-electron chi connectivity index (χ2n) is 3.89. The van der Waals surface area contributed by atoms with Crippen LogP contribution in [0.2, 0.25) is 0 Å². The van der Waals surface area contributed by atoms with Crippen LogP contribution in [0.25, 0.3) is 0 Å². The van der Waals surface area contributed by atoms with E-state index >= 15 is 0 Å². The lowest BCUT2D eigenvalue weighted by atomic mass is 10.1. The Hall–Kier alpha value is -1.33. The number of amides is 1. The number of hydrogen-bond acceptors (Lipinski definition) is 4. The van der Waals surface area contributed by atoms with Crippen LogP contribution in [0.3, 0.4) is 0 Å². The first-order valence-electron chi connectivity index (χ1n) is 5.32. The molecular weight excluding hydrogens is 242 g/mol. The van der Waals surface area contributed by atoms with Crippen LogP contribution in [0.15, 0.2) is 18.2 Å². The number of nitrogen functional groups attached to an aromatic ring is 1. The van der Waals surface area contributed by atoms with Gasteiger partial charge in [0.1, 0.15) is 11.5 Å². The van der Waals surface area contributed by atoms with E-state index < -0.39 is 0 Å². The van der Waals surface area contributed by atoms with Gasteiger partial charge in [0, 0.05) is 6.61 Å². The summed E-state index contributed by atoms with van der Waals surface area (Å²) < 4.78 is 5.37. The molecular formula is C11H16ClN3O2. The summed E-state index contributed by atoms with van der Waals surface area (Å²) in [5.41, 5.74) is 5.86. The summed E-state index contributed by atoms with van der Waals surface area (Å²) in [6.07, 6.45) is 0.903. The number of carbonyl (C=O) groups excluding carboxylic acids is 1. The van der Waals surface area contributed by atoms with E-state index in [2.05, 4.69) is 10.3 Å². The normalized spacial score (nSPS) is 22.9. The molecule has 1 aliphatic heterocycles. The van der Waals surface area contributed by atoms with E-state index in [0.29, 0.717) is 18.1 Å². The molecule has 94 valence electrons. The van der Waals surface area contributed by atoms with Crippen LogP contribution in [0.1, 0.15) is 23.8 Å². The van der Waals surface area contributed by atoms with Crippen molar-refractivity contribution in [2.45, 2.75) is 25.5 Å². The third kappa shape index (κ3) is 3.31. The van der Waals surface area contributed by atoms with Crippen molar-refractivity contribution in [2.75, 3.05) is 12.3 Å². The molecule has 17 heavy (non-hydrogen) atoms. The van der Waals surface area contributed by atoms with Gasteiger partial charge < -0.3 is 15.8 Å². The Kier molecular flexibility index (Phi) is 4.72. The van der Waals surface area contributed by atoms with Crippen LogP contribution in [0.5, 0.6) is 0 Å². The minimum absolute atomic E-state index is 0. The molecule has 6 heteroatoms. The second kappa shape index (κ2) is 5.84. The molecule has 2 heterocycles. The molecule has 1 aromatic rings. The first kappa shape index (κ1) is 13.7. The number of hydrogen-bond donors (Lipinski definition) is 2. The van der Waals surface area contributed by atoms with Crippen LogP contribution < -0.4 is 11.1 Å². The standard InChI is InChI=1S/C11H15N3O2.ClH/c1-7-8(5-6-16-7)14-11(15)9-3-2-4-10(12)13-9;/h2-4,7-8H,5-6H2,1H3,(H2,12,13)(H,14,15);1H. The van der Waals surface area contributed by atoms with Crippen molar-refractivity contribution in [1.29, 1.82) is 0 Å². The lowest BCUT2D eigenvalue weighted by Gasteiger charge is -2.15. The van der Waals surface area contributed by atoms with Crippen molar-refractivity contribution in [1.82, 2.24) is 10.3 Å². The van der Waals surface area contributed by atoms with E-state index in [1.54, 1.807) is 18.2 Å². The predicted molar refractivity (Wildman–Crippen MR) is 67.2 cm³/mol. The van der Waals surface area contributed by atoms with Crippen molar-refractivity contribution < 1.29 is 9.53 Å². The zero-order chi connectivity index (χ0) is 11.5. The number of carbonyl (C=O) groups is 1. The Morgan fingerprint density at radius 3 is 2.94 bits per heavy atom. The molecule has 0 aliphatic carbocycles. The van der Waals surface area contributed by atoms with Gasteiger partial charge in [0.15, 0.2) is 0 Å². The maximum absolute atomic E-state index is 11.8. The van der Waals surface area contributed by atoms with Crippen molar-refractivity contribution in [3.63, 3.8) is 0 Å². The van der Waals surface area contributed by atoms with Gasteiger partial charge in [0.2, 0.25) is 0 Å². The van der Waals surface area contributed by atoms with Gasteiger partial charge in [-0.05, 0) is 25.5 Å². The molecule has 2 atom stereocenters. The molecule has 2 unspecified atom stereocenters. The molecule has 2 rings (SSSR count). The first-order chi connectivity index (χ1) is 7.66. The van der Waals surface area contributed by atoms with Gasteiger partial charge in [0.05, 0.1) is 12.1 Å². The lowest BCUT2D eigenvalue weighted by molar-refractivity contribution is 0.0862.